The summed E-state index contributed by atoms with van der Waals surface area (Å²) in [5, 5.41) is 8.56. The van der Waals surface area contributed by atoms with Gasteiger partial charge in [0.15, 0.2) is 6.23 Å². The maximum Gasteiger partial charge on any atom is 0.155 e. The molecule has 2 heteroatoms. The van der Waals surface area contributed by atoms with Crippen molar-refractivity contribution < 1.29 is 5.11 Å². The molecule has 0 amide bonds. The fraction of sp³-hybridized carbons (Fsp3) is 0.857. The van der Waals surface area contributed by atoms with Crippen molar-refractivity contribution in [2.45, 2.75) is 33.1 Å². The zero-order valence-electron chi connectivity index (χ0n) is 6.22. The fourth-order valence-electron chi connectivity index (χ4n) is 0.691. The molecule has 1 radical (unpaired) electrons. The quantitative estimate of drug-likeness (QED) is 0.607. The number of hydrogen-bond donors (Lipinski definition) is 2. The van der Waals surface area contributed by atoms with Gasteiger partial charge in [0.05, 0.1) is 0 Å². The van der Waals surface area contributed by atoms with E-state index >= 15 is 0 Å². The predicted octanol–water partition coefficient (Wildman–Crippen LogP) is 1.63. The summed E-state index contributed by atoms with van der Waals surface area (Å²) in [5.74, 6) is 0.712. The lowest BCUT2D eigenvalue weighted by Gasteiger charge is -2.04. The van der Waals surface area contributed by atoms with E-state index in [1.807, 2.05) is 0 Å². The number of nitrogens with two attached hydrogens (primary N) is 1. The van der Waals surface area contributed by atoms with Crippen molar-refractivity contribution >= 4 is 0 Å². The highest BCUT2D eigenvalue weighted by Crippen LogP contribution is 2.08. The van der Waals surface area contributed by atoms with Gasteiger partial charge in [0, 0.05) is 0 Å². The van der Waals surface area contributed by atoms with Gasteiger partial charge in [-0.3, -0.25) is 0 Å². The third-order valence-corrected chi connectivity index (χ3v) is 1.21. The third kappa shape index (κ3) is 7.92. The molecule has 55 valence electrons. The van der Waals surface area contributed by atoms with Crippen LogP contribution in [0.25, 0.3) is 0 Å². The molecule has 0 bridgehead atoms. The molecule has 0 saturated carbocycles. The van der Waals surface area contributed by atoms with Gasteiger partial charge in [0.25, 0.3) is 0 Å². The molecule has 0 aliphatic rings. The van der Waals surface area contributed by atoms with Crippen LogP contribution < -0.4 is 5.73 Å². The number of hydrogen-bond acceptors (Lipinski definition) is 2. The standard InChI is InChI=1S/C7H16NO/c1-6(2)4-3-5-7(8)9/h6,9H,3-5,8H2,1-2H3. The molecule has 9 heavy (non-hydrogen) atoms. The van der Waals surface area contributed by atoms with Crippen LogP contribution in [-0.4, -0.2) is 5.11 Å². The first-order chi connectivity index (χ1) is 4.13. The average Bonchev–Trinajstić information content (AvgIpc) is 1.63. The van der Waals surface area contributed by atoms with E-state index in [0.717, 1.165) is 12.8 Å². The number of rotatable bonds is 4. The Morgan fingerprint density at radius 3 is 2.44 bits per heavy atom. The Kier molecular flexibility index (Phi) is 4.72. The summed E-state index contributed by atoms with van der Waals surface area (Å²) in [6.07, 6.45) is 2.86. The molecule has 2 nitrogen and oxygen atoms in total. The second-order valence-corrected chi connectivity index (χ2v) is 2.78. The van der Waals surface area contributed by atoms with Crippen LogP contribution in [0.4, 0.5) is 0 Å². The van der Waals surface area contributed by atoms with Crippen LogP contribution in [-0.2, 0) is 0 Å². The fourth-order valence-corrected chi connectivity index (χ4v) is 0.691. The van der Waals surface area contributed by atoms with Gasteiger partial charge < -0.3 is 10.8 Å². The molecule has 3 N–H and O–H groups in total. The first-order valence-electron chi connectivity index (χ1n) is 3.43. The molecule has 0 aromatic carbocycles. The second kappa shape index (κ2) is 4.77. The summed E-state index contributed by atoms with van der Waals surface area (Å²) in [6, 6.07) is 0. The zero-order chi connectivity index (χ0) is 7.28. The van der Waals surface area contributed by atoms with Crippen molar-refractivity contribution in [3.8, 4) is 0 Å². The predicted molar refractivity (Wildman–Crippen MR) is 38.1 cm³/mol. The van der Waals surface area contributed by atoms with Crippen molar-refractivity contribution in [3.05, 3.63) is 6.23 Å². The van der Waals surface area contributed by atoms with Gasteiger partial charge in [0.2, 0.25) is 0 Å². The molecule has 0 aromatic rings. The van der Waals surface area contributed by atoms with E-state index in [2.05, 4.69) is 13.8 Å². The van der Waals surface area contributed by atoms with E-state index in [1.54, 1.807) is 0 Å². The van der Waals surface area contributed by atoms with E-state index in [9.17, 15) is 0 Å². The third-order valence-electron chi connectivity index (χ3n) is 1.21. The van der Waals surface area contributed by atoms with Crippen molar-refractivity contribution in [3.63, 3.8) is 0 Å². The minimum atomic E-state index is 0.0654. The van der Waals surface area contributed by atoms with Crippen LogP contribution in [0.5, 0.6) is 0 Å². The summed E-state index contributed by atoms with van der Waals surface area (Å²) in [6.45, 7) is 4.32. The first-order valence-corrected chi connectivity index (χ1v) is 3.43. The molecule has 0 aliphatic carbocycles. The highest BCUT2D eigenvalue weighted by atomic mass is 16.3. The van der Waals surface area contributed by atoms with Crippen LogP contribution in [0.1, 0.15) is 33.1 Å². The van der Waals surface area contributed by atoms with Crippen molar-refractivity contribution in [2.24, 2.45) is 11.7 Å². The van der Waals surface area contributed by atoms with Gasteiger partial charge in [-0.15, -0.1) is 0 Å². The zero-order valence-corrected chi connectivity index (χ0v) is 6.22. The Morgan fingerprint density at radius 1 is 1.56 bits per heavy atom. The van der Waals surface area contributed by atoms with Crippen LogP contribution in [0.3, 0.4) is 0 Å². The van der Waals surface area contributed by atoms with Crippen LogP contribution in [0, 0.1) is 12.1 Å². The second-order valence-electron chi connectivity index (χ2n) is 2.78. The molecule has 0 aliphatic heterocycles. The minimum Gasteiger partial charge on any atom is -0.372 e. The highest BCUT2D eigenvalue weighted by molar-refractivity contribution is 4.64. The van der Waals surface area contributed by atoms with E-state index in [4.69, 9.17) is 10.8 Å². The lowest BCUT2D eigenvalue weighted by atomic mass is 10.1. The van der Waals surface area contributed by atoms with E-state index < -0.39 is 0 Å². The molecule has 0 fully saturated rings. The van der Waals surface area contributed by atoms with Gasteiger partial charge >= 0.3 is 0 Å². The first kappa shape index (κ1) is 8.92. The van der Waals surface area contributed by atoms with Crippen molar-refractivity contribution in [2.75, 3.05) is 0 Å². The smallest absolute Gasteiger partial charge is 0.155 e. The van der Waals surface area contributed by atoms with E-state index in [1.165, 1.54) is 0 Å². The van der Waals surface area contributed by atoms with Crippen molar-refractivity contribution in [1.82, 2.24) is 0 Å². The van der Waals surface area contributed by atoms with Crippen LogP contribution in [0.15, 0.2) is 0 Å². The van der Waals surface area contributed by atoms with Gasteiger partial charge in [-0.2, -0.15) is 0 Å². The van der Waals surface area contributed by atoms with Crippen LogP contribution >= 0.6 is 0 Å². The number of aliphatic hydroxyl groups is 1. The molecule has 0 rings (SSSR count). The Hall–Kier alpha value is -0.0800. The van der Waals surface area contributed by atoms with Gasteiger partial charge in [-0.05, 0) is 18.8 Å². The Labute approximate surface area is 57.1 Å². The lowest BCUT2D eigenvalue weighted by Crippen LogP contribution is -2.07. The Balaban J connectivity index is 2.91. The average molecular weight is 130 g/mol. The topological polar surface area (TPSA) is 46.2 Å². The minimum absolute atomic E-state index is 0.0654. The monoisotopic (exact) mass is 130 g/mol. The maximum absolute atomic E-state index is 8.56. The molecule has 0 spiro atoms. The van der Waals surface area contributed by atoms with Crippen LogP contribution in [0.2, 0.25) is 0 Å². The van der Waals surface area contributed by atoms with Gasteiger partial charge in [-0.25, -0.2) is 0 Å². The summed E-state index contributed by atoms with van der Waals surface area (Å²) < 4.78 is 0. The molecule has 0 saturated heterocycles. The normalized spacial score (nSPS) is 11.3. The molecule has 0 atom stereocenters. The maximum atomic E-state index is 8.56. The lowest BCUT2D eigenvalue weighted by molar-refractivity contribution is 0.277. The largest absolute Gasteiger partial charge is 0.372 e. The molecule has 0 unspecified atom stereocenters. The SMILES string of the molecule is CC(C)CCC[C](N)O. The summed E-state index contributed by atoms with van der Waals surface area (Å²) >= 11 is 0. The summed E-state index contributed by atoms with van der Waals surface area (Å²) in [5.41, 5.74) is 5.05. The van der Waals surface area contributed by atoms with Crippen molar-refractivity contribution in [1.29, 1.82) is 0 Å². The molecular weight excluding hydrogens is 114 g/mol. The molecular formula is C7H16NO. The Bertz CT molecular complexity index is 53.9. The summed E-state index contributed by atoms with van der Waals surface area (Å²) in [4.78, 5) is 0. The number of aliphatic hydroxyl groups excluding tert-OH is 1. The highest BCUT2D eigenvalue weighted by Gasteiger charge is 1.98. The van der Waals surface area contributed by atoms with Gasteiger partial charge in [0.1, 0.15) is 0 Å². The van der Waals surface area contributed by atoms with E-state index in [0.29, 0.717) is 12.3 Å². The summed E-state index contributed by atoms with van der Waals surface area (Å²) in [7, 11) is 0. The van der Waals surface area contributed by atoms with E-state index in [-0.39, 0.29) is 6.23 Å². The molecule has 0 aromatic heterocycles. The Morgan fingerprint density at radius 2 is 2.11 bits per heavy atom. The van der Waals surface area contributed by atoms with Gasteiger partial charge in [-0.1, -0.05) is 20.3 Å². The molecule has 0 heterocycles.